The highest BCUT2D eigenvalue weighted by Gasteiger charge is 2.27. The molecular formula is C14H11FO4. The van der Waals surface area contributed by atoms with Gasteiger partial charge in [0.1, 0.15) is 18.7 Å². The molecular weight excluding hydrogens is 251 g/mol. The predicted octanol–water partition coefficient (Wildman–Crippen LogP) is 2.70. The van der Waals surface area contributed by atoms with Crippen molar-refractivity contribution in [2.75, 3.05) is 13.4 Å². The molecule has 5 heteroatoms. The number of benzene rings is 1. The van der Waals surface area contributed by atoms with Crippen LogP contribution < -0.4 is 0 Å². The third-order valence-electron chi connectivity index (χ3n) is 2.98. The predicted molar refractivity (Wildman–Crippen MR) is 63.2 cm³/mol. The van der Waals surface area contributed by atoms with E-state index < -0.39 is 0 Å². The van der Waals surface area contributed by atoms with Gasteiger partial charge in [0.05, 0.1) is 12.9 Å². The van der Waals surface area contributed by atoms with Gasteiger partial charge in [0.25, 0.3) is 0 Å². The van der Waals surface area contributed by atoms with Crippen LogP contribution in [-0.2, 0) is 9.47 Å². The first-order chi connectivity index (χ1) is 9.25. The molecule has 1 fully saturated rings. The summed E-state index contributed by atoms with van der Waals surface area (Å²) in [6.07, 6.45) is 1.14. The van der Waals surface area contributed by atoms with E-state index in [4.69, 9.17) is 13.9 Å². The van der Waals surface area contributed by atoms with Gasteiger partial charge in [0.15, 0.2) is 5.76 Å². The summed E-state index contributed by atoms with van der Waals surface area (Å²) < 4.78 is 28.6. The van der Waals surface area contributed by atoms with E-state index in [2.05, 4.69) is 0 Å². The van der Waals surface area contributed by atoms with E-state index in [1.54, 1.807) is 6.07 Å². The van der Waals surface area contributed by atoms with Crippen LogP contribution in [0.2, 0.25) is 0 Å². The average molecular weight is 262 g/mol. The molecule has 0 amide bonds. The van der Waals surface area contributed by atoms with Crippen molar-refractivity contribution in [1.29, 1.82) is 0 Å². The third kappa shape index (κ3) is 2.30. The highest BCUT2D eigenvalue weighted by molar-refractivity contribution is 6.08. The standard InChI is InChI=1S/C14H11FO4/c15-10-3-1-9(2-4-10)13(16)14-11(5-6-18-14)12-7-17-8-19-12/h1-6,12H,7-8H2. The molecule has 1 aliphatic rings. The van der Waals surface area contributed by atoms with Crippen molar-refractivity contribution in [3.05, 3.63) is 59.3 Å². The lowest BCUT2D eigenvalue weighted by Gasteiger charge is -2.07. The van der Waals surface area contributed by atoms with Gasteiger partial charge in [-0.3, -0.25) is 4.79 Å². The maximum atomic E-state index is 12.8. The summed E-state index contributed by atoms with van der Waals surface area (Å²) in [6, 6.07) is 7.03. The maximum absolute atomic E-state index is 12.8. The molecule has 0 spiro atoms. The van der Waals surface area contributed by atoms with Crippen LogP contribution in [0.5, 0.6) is 0 Å². The smallest absolute Gasteiger partial charge is 0.228 e. The summed E-state index contributed by atoms with van der Waals surface area (Å²) in [5.74, 6) is -0.471. The van der Waals surface area contributed by atoms with Crippen LogP contribution in [0.1, 0.15) is 27.8 Å². The van der Waals surface area contributed by atoms with Gasteiger partial charge in [0.2, 0.25) is 5.78 Å². The summed E-state index contributed by atoms with van der Waals surface area (Å²) in [7, 11) is 0. The second-order valence-electron chi connectivity index (χ2n) is 4.19. The zero-order chi connectivity index (χ0) is 13.2. The fraction of sp³-hybridized carbons (Fsp3) is 0.214. The van der Waals surface area contributed by atoms with E-state index in [-0.39, 0.29) is 30.3 Å². The molecule has 4 nitrogen and oxygen atoms in total. The van der Waals surface area contributed by atoms with Gasteiger partial charge in [-0.15, -0.1) is 0 Å². The van der Waals surface area contributed by atoms with Crippen molar-refractivity contribution in [2.45, 2.75) is 6.10 Å². The molecule has 98 valence electrons. The Balaban J connectivity index is 1.91. The summed E-state index contributed by atoms with van der Waals surface area (Å²) >= 11 is 0. The molecule has 0 saturated carbocycles. The number of halogens is 1. The lowest BCUT2D eigenvalue weighted by atomic mass is 10.0. The van der Waals surface area contributed by atoms with Crippen molar-refractivity contribution in [2.24, 2.45) is 0 Å². The van der Waals surface area contributed by atoms with Crippen molar-refractivity contribution in [3.8, 4) is 0 Å². The van der Waals surface area contributed by atoms with Crippen molar-refractivity contribution in [1.82, 2.24) is 0 Å². The highest BCUT2D eigenvalue weighted by Crippen LogP contribution is 2.28. The summed E-state index contributed by atoms with van der Waals surface area (Å²) in [5.41, 5.74) is 1.03. The van der Waals surface area contributed by atoms with E-state index in [0.29, 0.717) is 17.7 Å². The average Bonchev–Trinajstić information content (AvgIpc) is 3.09. The van der Waals surface area contributed by atoms with Crippen molar-refractivity contribution >= 4 is 5.78 Å². The van der Waals surface area contributed by atoms with Gasteiger partial charge >= 0.3 is 0 Å². The van der Waals surface area contributed by atoms with Gasteiger partial charge < -0.3 is 13.9 Å². The van der Waals surface area contributed by atoms with E-state index >= 15 is 0 Å². The largest absolute Gasteiger partial charge is 0.460 e. The molecule has 19 heavy (non-hydrogen) atoms. The number of furan rings is 1. The highest BCUT2D eigenvalue weighted by atomic mass is 19.1. The Kier molecular flexibility index (Phi) is 3.15. The fourth-order valence-electron chi connectivity index (χ4n) is 2.00. The second-order valence-corrected chi connectivity index (χ2v) is 4.19. The summed E-state index contributed by atoms with van der Waals surface area (Å²) in [4.78, 5) is 12.3. The molecule has 2 aromatic rings. The maximum Gasteiger partial charge on any atom is 0.228 e. The Bertz CT molecular complexity index is 582. The van der Waals surface area contributed by atoms with Crippen LogP contribution in [0.4, 0.5) is 4.39 Å². The topological polar surface area (TPSA) is 48.7 Å². The molecule has 1 aliphatic heterocycles. The van der Waals surface area contributed by atoms with Crippen LogP contribution >= 0.6 is 0 Å². The van der Waals surface area contributed by atoms with Gasteiger partial charge in [0, 0.05) is 11.1 Å². The number of carbonyl (C=O) groups excluding carboxylic acids is 1. The molecule has 3 rings (SSSR count). The first-order valence-electron chi connectivity index (χ1n) is 5.82. The van der Waals surface area contributed by atoms with E-state index in [1.165, 1.54) is 30.5 Å². The molecule has 0 radical (unpaired) electrons. The minimum Gasteiger partial charge on any atom is -0.460 e. The Morgan fingerprint density at radius 2 is 2.00 bits per heavy atom. The fourth-order valence-corrected chi connectivity index (χ4v) is 2.00. The molecule has 1 unspecified atom stereocenters. The normalized spacial score (nSPS) is 18.7. The zero-order valence-corrected chi connectivity index (χ0v) is 9.97. The minimum atomic E-state index is -0.385. The Labute approximate surface area is 108 Å². The molecule has 1 saturated heterocycles. The lowest BCUT2D eigenvalue weighted by Crippen LogP contribution is -2.07. The number of ketones is 1. The van der Waals surface area contributed by atoms with Crippen LogP contribution in [-0.4, -0.2) is 19.2 Å². The Morgan fingerprint density at radius 1 is 1.21 bits per heavy atom. The van der Waals surface area contributed by atoms with Crippen LogP contribution in [0.3, 0.4) is 0 Å². The molecule has 1 atom stereocenters. The SMILES string of the molecule is O=C(c1ccc(F)cc1)c1occc1C1COCO1. The summed E-state index contributed by atoms with van der Waals surface area (Å²) in [5, 5.41) is 0. The molecule has 0 aliphatic carbocycles. The quantitative estimate of drug-likeness (QED) is 0.798. The van der Waals surface area contributed by atoms with E-state index in [0.717, 1.165) is 0 Å². The minimum absolute atomic E-state index is 0.208. The van der Waals surface area contributed by atoms with Crippen LogP contribution in [0.25, 0.3) is 0 Å². The molecule has 1 aromatic heterocycles. The van der Waals surface area contributed by atoms with Crippen molar-refractivity contribution < 1.29 is 23.1 Å². The van der Waals surface area contributed by atoms with Crippen molar-refractivity contribution in [3.63, 3.8) is 0 Å². The monoisotopic (exact) mass is 262 g/mol. The number of rotatable bonds is 3. The third-order valence-corrected chi connectivity index (χ3v) is 2.98. The molecule has 2 heterocycles. The number of hydrogen-bond acceptors (Lipinski definition) is 4. The Morgan fingerprint density at radius 3 is 2.68 bits per heavy atom. The number of carbonyl (C=O) groups is 1. The first kappa shape index (κ1) is 12.1. The van der Waals surface area contributed by atoms with Gasteiger partial charge in [-0.1, -0.05) is 0 Å². The summed E-state index contributed by atoms with van der Waals surface area (Å²) in [6.45, 7) is 0.600. The number of hydrogen-bond donors (Lipinski definition) is 0. The van der Waals surface area contributed by atoms with Crippen LogP contribution in [0.15, 0.2) is 41.0 Å². The number of ether oxygens (including phenoxy) is 2. The van der Waals surface area contributed by atoms with Gasteiger partial charge in [-0.2, -0.15) is 0 Å². The first-order valence-corrected chi connectivity index (χ1v) is 5.82. The molecule has 0 bridgehead atoms. The van der Waals surface area contributed by atoms with E-state index in [9.17, 15) is 9.18 Å². The van der Waals surface area contributed by atoms with Crippen LogP contribution in [0, 0.1) is 5.82 Å². The lowest BCUT2D eigenvalue weighted by molar-refractivity contribution is 0.0460. The Hall–Kier alpha value is -1.98. The van der Waals surface area contributed by atoms with E-state index in [1.807, 2.05) is 0 Å². The molecule has 0 N–H and O–H groups in total. The zero-order valence-electron chi connectivity index (χ0n) is 9.97. The molecule has 1 aromatic carbocycles. The van der Waals surface area contributed by atoms with Gasteiger partial charge in [-0.25, -0.2) is 4.39 Å². The van der Waals surface area contributed by atoms with Gasteiger partial charge in [-0.05, 0) is 30.3 Å². The second kappa shape index (κ2) is 4.95.